The average Bonchev–Trinajstić information content (AvgIpc) is 2.59. The second kappa shape index (κ2) is 11.0. The number of benzene rings is 1. The molecule has 0 saturated heterocycles. The Hall–Kier alpha value is -1.65. The van der Waals surface area contributed by atoms with E-state index in [2.05, 4.69) is 13.0 Å². The van der Waals surface area contributed by atoms with E-state index in [0.717, 1.165) is 6.42 Å². The number of aliphatic hydroxyl groups is 2. The van der Waals surface area contributed by atoms with Crippen molar-refractivity contribution >= 4 is 5.78 Å². The number of carbonyl (C=O) groups excluding carboxylic acids is 1. The van der Waals surface area contributed by atoms with Gasteiger partial charge >= 0.3 is 0 Å². The van der Waals surface area contributed by atoms with Crippen LogP contribution >= 0.6 is 0 Å². The van der Waals surface area contributed by atoms with E-state index in [0.29, 0.717) is 24.2 Å². The lowest BCUT2D eigenvalue weighted by Crippen LogP contribution is -2.33. The minimum atomic E-state index is -1.39. The molecule has 0 fully saturated rings. The van der Waals surface area contributed by atoms with Gasteiger partial charge in [0.1, 0.15) is 11.9 Å². The molecule has 0 unspecified atom stereocenters. The fraction of sp³-hybridized carbons (Fsp3) is 0.526. The number of methoxy groups -OCH3 is 1. The third-order valence-corrected chi connectivity index (χ3v) is 3.78. The first kappa shape index (κ1) is 19.4. The number of aliphatic hydroxyl groups excluding tert-OH is 2. The largest absolute Gasteiger partial charge is 0.497 e. The van der Waals surface area contributed by atoms with Crippen LogP contribution in [0.3, 0.4) is 0 Å². The van der Waals surface area contributed by atoms with Crippen LogP contribution in [0, 0.1) is 0 Å². The van der Waals surface area contributed by atoms with Crippen molar-refractivity contribution in [3.8, 4) is 5.75 Å². The van der Waals surface area contributed by atoms with Crippen molar-refractivity contribution in [2.24, 2.45) is 0 Å². The summed E-state index contributed by atoms with van der Waals surface area (Å²) in [6.07, 6.45) is 7.32. The summed E-state index contributed by atoms with van der Waals surface area (Å²) in [6.45, 7) is 2.17. The van der Waals surface area contributed by atoms with E-state index in [9.17, 15) is 15.0 Å². The highest BCUT2D eigenvalue weighted by molar-refractivity contribution is 5.99. The van der Waals surface area contributed by atoms with E-state index in [-0.39, 0.29) is 0 Å². The van der Waals surface area contributed by atoms with Crippen LogP contribution < -0.4 is 4.74 Å². The quantitative estimate of drug-likeness (QED) is 0.372. The molecule has 1 aromatic rings. The lowest BCUT2D eigenvalue weighted by atomic mass is 9.99. The lowest BCUT2D eigenvalue weighted by Gasteiger charge is -2.16. The van der Waals surface area contributed by atoms with Gasteiger partial charge in [0, 0.05) is 5.56 Å². The zero-order valence-corrected chi connectivity index (χ0v) is 14.1. The first-order valence-electron chi connectivity index (χ1n) is 8.29. The van der Waals surface area contributed by atoms with Crippen LogP contribution in [-0.4, -0.2) is 35.3 Å². The van der Waals surface area contributed by atoms with Gasteiger partial charge in [-0.1, -0.05) is 31.9 Å². The second-order valence-electron chi connectivity index (χ2n) is 5.65. The Balaban J connectivity index is 2.39. The summed E-state index contributed by atoms with van der Waals surface area (Å²) in [5, 5.41) is 19.9. The van der Waals surface area contributed by atoms with Crippen molar-refractivity contribution in [3.63, 3.8) is 0 Å². The van der Waals surface area contributed by atoms with Gasteiger partial charge in [-0.15, -0.1) is 0 Å². The van der Waals surface area contributed by atoms with Gasteiger partial charge in [0.2, 0.25) is 0 Å². The van der Waals surface area contributed by atoms with Crippen LogP contribution in [0.25, 0.3) is 0 Å². The summed E-state index contributed by atoms with van der Waals surface area (Å²) in [4.78, 5) is 12.1. The van der Waals surface area contributed by atoms with Crippen molar-refractivity contribution in [2.45, 2.75) is 57.7 Å². The number of unbranched alkanes of at least 4 members (excludes halogenated alkanes) is 3. The van der Waals surface area contributed by atoms with Gasteiger partial charge in [0.05, 0.1) is 13.2 Å². The smallest absolute Gasteiger partial charge is 0.193 e. The molecule has 4 nitrogen and oxygen atoms in total. The average molecular weight is 320 g/mol. The van der Waals surface area contributed by atoms with Gasteiger partial charge in [0.25, 0.3) is 0 Å². The van der Waals surface area contributed by atoms with Crippen molar-refractivity contribution < 1.29 is 19.7 Å². The molecule has 0 aromatic heterocycles. The Bertz CT molecular complexity index is 479. The maximum Gasteiger partial charge on any atom is 0.193 e. The number of carbonyl (C=O) groups is 1. The van der Waals surface area contributed by atoms with E-state index in [1.54, 1.807) is 31.4 Å². The van der Waals surface area contributed by atoms with Gasteiger partial charge < -0.3 is 14.9 Å². The van der Waals surface area contributed by atoms with E-state index in [4.69, 9.17) is 4.74 Å². The molecule has 0 aliphatic rings. The van der Waals surface area contributed by atoms with E-state index < -0.39 is 18.0 Å². The Morgan fingerprint density at radius 2 is 1.78 bits per heavy atom. The maximum absolute atomic E-state index is 12.1. The summed E-state index contributed by atoms with van der Waals surface area (Å²) in [7, 11) is 1.55. The first-order chi connectivity index (χ1) is 11.1. The zero-order valence-electron chi connectivity index (χ0n) is 14.1. The summed E-state index contributed by atoms with van der Waals surface area (Å²) in [5.74, 6) is 0.178. The first-order valence-corrected chi connectivity index (χ1v) is 8.29. The molecule has 0 amide bonds. The normalized spacial score (nSPS) is 13.9. The summed E-state index contributed by atoms with van der Waals surface area (Å²) >= 11 is 0. The fourth-order valence-corrected chi connectivity index (χ4v) is 2.27. The number of hydrogen-bond donors (Lipinski definition) is 2. The third-order valence-electron chi connectivity index (χ3n) is 3.78. The van der Waals surface area contributed by atoms with Crippen molar-refractivity contribution in [2.75, 3.05) is 7.11 Å². The molecule has 2 N–H and O–H groups in total. The molecular weight excluding hydrogens is 292 g/mol. The summed E-state index contributed by atoms with van der Waals surface area (Å²) in [6, 6.07) is 6.49. The molecule has 2 atom stereocenters. The monoisotopic (exact) mass is 320 g/mol. The highest BCUT2D eigenvalue weighted by atomic mass is 16.5. The predicted molar refractivity (Wildman–Crippen MR) is 91.9 cm³/mol. The number of Topliss-reactive ketones (excluding diaryl/α,β-unsaturated/α-hetero) is 1. The standard InChI is InChI=1S/C19H28O4/c1-3-4-5-6-7-8-9-10-17(20)19(22)18(21)15-11-13-16(23-2)14-12-15/h7-8,11-14,17,19-20,22H,3-6,9-10H2,1-2H3/b8-7+/t17-,19+/m0/s1. The van der Waals surface area contributed by atoms with Crippen LogP contribution in [0.2, 0.25) is 0 Å². The molecule has 0 bridgehead atoms. The summed E-state index contributed by atoms with van der Waals surface area (Å²) < 4.78 is 5.03. The number of ether oxygens (including phenoxy) is 1. The molecule has 0 aliphatic carbocycles. The highest BCUT2D eigenvalue weighted by Crippen LogP contribution is 2.15. The van der Waals surface area contributed by atoms with Gasteiger partial charge in [0.15, 0.2) is 5.78 Å². The number of allylic oxidation sites excluding steroid dienone is 2. The molecule has 23 heavy (non-hydrogen) atoms. The lowest BCUT2D eigenvalue weighted by molar-refractivity contribution is 0.0182. The number of ketones is 1. The van der Waals surface area contributed by atoms with Crippen LogP contribution in [-0.2, 0) is 0 Å². The van der Waals surface area contributed by atoms with Gasteiger partial charge in [-0.2, -0.15) is 0 Å². The molecule has 4 heteroatoms. The van der Waals surface area contributed by atoms with Crippen molar-refractivity contribution in [1.82, 2.24) is 0 Å². The van der Waals surface area contributed by atoms with Crippen LogP contribution in [0.4, 0.5) is 0 Å². The van der Waals surface area contributed by atoms with Crippen LogP contribution in [0.5, 0.6) is 5.75 Å². The van der Waals surface area contributed by atoms with Gasteiger partial charge in [-0.25, -0.2) is 0 Å². The Morgan fingerprint density at radius 3 is 2.39 bits per heavy atom. The van der Waals surface area contributed by atoms with Gasteiger partial charge in [-0.3, -0.25) is 4.79 Å². The molecule has 0 aliphatic heterocycles. The molecule has 128 valence electrons. The minimum absolute atomic E-state index is 0.368. The predicted octanol–water partition coefficient (Wildman–Crippen LogP) is 3.52. The fourth-order valence-electron chi connectivity index (χ4n) is 2.27. The molecule has 0 radical (unpaired) electrons. The number of rotatable bonds is 11. The molecule has 0 spiro atoms. The Kier molecular flexibility index (Phi) is 9.25. The summed E-state index contributed by atoms with van der Waals surface area (Å²) in [5.41, 5.74) is 0.368. The molecule has 1 aromatic carbocycles. The van der Waals surface area contributed by atoms with E-state index >= 15 is 0 Å². The van der Waals surface area contributed by atoms with Crippen molar-refractivity contribution in [1.29, 1.82) is 0 Å². The number of hydrogen-bond acceptors (Lipinski definition) is 4. The zero-order chi connectivity index (χ0) is 17.1. The molecular formula is C19H28O4. The third kappa shape index (κ3) is 6.97. The topological polar surface area (TPSA) is 66.8 Å². The molecule has 0 saturated carbocycles. The second-order valence-corrected chi connectivity index (χ2v) is 5.65. The Morgan fingerprint density at radius 1 is 1.13 bits per heavy atom. The van der Waals surface area contributed by atoms with Crippen LogP contribution in [0.1, 0.15) is 55.8 Å². The van der Waals surface area contributed by atoms with E-state index in [1.165, 1.54) is 19.3 Å². The maximum atomic E-state index is 12.1. The SMILES string of the molecule is CCCCC/C=C/CC[C@H](O)[C@@H](O)C(=O)c1ccc(OC)cc1. The highest BCUT2D eigenvalue weighted by Gasteiger charge is 2.24. The van der Waals surface area contributed by atoms with Gasteiger partial charge in [-0.05, 0) is 49.9 Å². The minimum Gasteiger partial charge on any atom is -0.497 e. The molecule has 0 heterocycles. The van der Waals surface area contributed by atoms with Crippen LogP contribution in [0.15, 0.2) is 36.4 Å². The molecule has 1 rings (SSSR count). The van der Waals surface area contributed by atoms with E-state index in [1.807, 2.05) is 6.08 Å². The Labute approximate surface area is 138 Å². The van der Waals surface area contributed by atoms with Crippen molar-refractivity contribution in [3.05, 3.63) is 42.0 Å².